The van der Waals surface area contributed by atoms with Crippen LogP contribution in [0.15, 0.2) is 0 Å². The molecule has 2 aliphatic rings. The number of rotatable bonds is 4. The minimum atomic E-state index is -0.538. The van der Waals surface area contributed by atoms with Gasteiger partial charge in [0.25, 0.3) is 5.91 Å². The molecule has 5 nitrogen and oxygen atoms in total. The van der Waals surface area contributed by atoms with E-state index < -0.39 is 6.10 Å². The number of amides is 1. The van der Waals surface area contributed by atoms with Crippen molar-refractivity contribution in [2.75, 3.05) is 13.7 Å². The van der Waals surface area contributed by atoms with Crippen molar-refractivity contribution in [2.24, 2.45) is 5.73 Å². The molecule has 0 radical (unpaired) electrons. The van der Waals surface area contributed by atoms with Gasteiger partial charge in [-0.1, -0.05) is 0 Å². The van der Waals surface area contributed by atoms with Crippen LogP contribution >= 0.6 is 12.4 Å². The number of ether oxygens (including phenoxy) is 2. The summed E-state index contributed by atoms with van der Waals surface area (Å²) in [6.45, 7) is 0.212. The van der Waals surface area contributed by atoms with E-state index in [9.17, 15) is 4.79 Å². The summed E-state index contributed by atoms with van der Waals surface area (Å²) in [6.07, 6.45) is 3.12. The van der Waals surface area contributed by atoms with E-state index >= 15 is 0 Å². The van der Waals surface area contributed by atoms with Crippen molar-refractivity contribution in [3.8, 4) is 0 Å². The van der Waals surface area contributed by atoms with E-state index in [1.165, 1.54) is 7.11 Å². The first-order valence-electron chi connectivity index (χ1n) is 5.43. The van der Waals surface area contributed by atoms with Crippen molar-refractivity contribution in [2.45, 2.75) is 43.6 Å². The van der Waals surface area contributed by atoms with Gasteiger partial charge in [0.2, 0.25) is 0 Å². The highest BCUT2D eigenvalue weighted by molar-refractivity contribution is 5.85. The molecule has 0 aromatic heterocycles. The predicted molar refractivity (Wildman–Crippen MR) is 61.5 cm³/mol. The summed E-state index contributed by atoms with van der Waals surface area (Å²) in [5, 5.41) is 2.94. The second kappa shape index (κ2) is 5.82. The van der Waals surface area contributed by atoms with Crippen molar-refractivity contribution in [1.82, 2.24) is 5.32 Å². The molecule has 94 valence electrons. The predicted octanol–water partition coefficient (Wildman–Crippen LogP) is -0.182. The van der Waals surface area contributed by atoms with Crippen LogP contribution < -0.4 is 11.1 Å². The lowest BCUT2D eigenvalue weighted by atomic mass is 9.95. The van der Waals surface area contributed by atoms with Crippen molar-refractivity contribution in [1.29, 1.82) is 0 Å². The molecule has 6 heteroatoms. The first kappa shape index (κ1) is 13.7. The molecule has 4 atom stereocenters. The van der Waals surface area contributed by atoms with Crippen LogP contribution in [0, 0.1) is 0 Å². The Bertz CT molecular complexity index is 248. The summed E-state index contributed by atoms with van der Waals surface area (Å²) >= 11 is 0. The molecular weight excluding hydrogens is 232 g/mol. The fraction of sp³-hybridized carbons (Fsp3) is 0.900. The number of methoxy groups -OCH3 is 1. The normalized spacial score (nSPS) is 33.2. The zero-order valence-electron chi connectivity index (χ0n) is 9.35. The lowest BCUT2D eigenvalue weighted by Crippen LogP contribution is -2.48. The molecule has 2 bridgehead atoms. The molecule has 16 heavy (non-hydrogen) atoms. The second-order valence-corrected chi connectivity index (χ2v) is 4.18. The van der Waals surface area contributed by atoms with Gasteiger partial charge >= 0.3 is 0 Å². The average Bonchev–Trinajstić information content (AvgIpc) is 2.81. The van der Waals surface area contributed by atoms with E-state index in [0.29, 0.717) is 6.10 Å². The molecule has 1 amide bonds. The number of hydrogen-bond acceptors (Lipinski definition) is 4. The molecule has 2 fully saturated rings. The van der Waals surface area contributed by atoms with Gasteiger partial charge in [-0.15, -0.1) is 12.4 Å². The first-order valence-corrected chi connectivity index (χ1v) is 5.43. The monoisotopic (exact) mass is 250 g/mol. The van der Waals surface area contributed by atoms with Crippen molar-refractivity contribution in [3.63, 3.8) is 0 Å². The quantitative estimate of drug-likeness (QED) is 0.726. The maximum Gasteiger partial charge on any atom is 0.250 e. The van der Waals surface area contributed by atoms with E-state index in [-0.39, 0.29) is 37.0 Å². The summed E-state index contributed by atoms with van der Waals surface area (Å²) in [4.78, 5) is 11.7. The van der Waals surface area contributed by atoms with Crippen LogP contribution in [0.3, 0.4) is 0 Å². The van der Waals surface area contributed by atoms with Gasteiger partial charge in [-0.25, -0.2) is 0 Å². The smallest absolute Gasteiger partial charge is 0.250 e. The van der Waals surface area contributed by atoms with Gasteiger partial charge in [0.15, 0.2) is 0 Å². The molecule has 2 aliphatic heterocycles. The van der Waals surface area contributed by atoms with Crippen LogP contribution in [-0.2, 0) is 14.3 Å². The fourth-order valence-electron chi connectivity index (χ4n) is 2.38. The Morgan fingerprint density at radius 3 is 2.81 bits per heavy atom. The highest BCUT2D eigenvalue weighted by atomic mass is 35.5. The molecule has 2 saturated heterocycles. The van der Waals surface area contributed by atoms with E-state index in [2.05, 4.69) is 5.32 Å². The molecule has 0 spiro atoms. The Morgan fingerprint density at radius 1 is 1.62 bits per heavy atom. The second-order valence-electron chi connectivity index (χ2n) is 4.18. The third-order valence-electron chi connectivity index (χ3n) is 3.22. The van der Waals surface area contributed by atoms with Crippen LogP contribution in [-0.4, -0.2) is 43.9 Å². The lowest BCUT2D eigenvalue weighted by Gasteiger charge is -2.22. The molecule has 2 heterocycles. The van der Waals surface area contributed by atoms with Crippen molar-refractivity contribution < 1.29 is 14.3 Å². The van der Waals surface area contributed by atoms with Gasteiger partial charge in [0, 0.05) is 13.7 Å². The lowest BCUT2D eigenvalue weighted by molar-refractivity contribution is -0.131. The molecule has 0 saturated carbocycles. The van der Waals surface area contributed by atoms with Crippen molar-refractivity contribution in [3.05, 3.63) is 0 Å². The SMILES string of the molecule is COC(CN)C(=O)NC1CC2CCC1O2.Cl. The number of nitrogens with one attached hydrogen (secondary N) is 1. The zero-order chi connectivity index (χ0) is 10.8. The van der Waals surface area contributed by atoms with Crippen LogP contribution in [0.4, 0.5) is 0 Å². The number of carbonyl (C=O) groups excluding carboxylic acids is 1. The summed E-state index contributed by atoms with van der Waals surface area (Å²) in [6, 6.07) is 0.153. The summed E-state index contributed by atoms with van der Waals surface area (Å²) < 4.78 is 10.6. The van der Waals surface area contributed by atoms with Gasteiger partial charge < -0.3 is 20.5 Å². The number of hydrogen-bond donors (Lipinski definition) is 2. The van der Waals surface area contributed by atoms with Crippen LogP contribution in [0.1, 0.15) is 19.3 Å². The van der Waals surface area contributed by atoms with Crippen LogP contribution in [0.25, 0.3) is 0 Å². The Balaban J connectivity index is 0.00000128. The van der Waals surface area contributed by atoms with Crippen LogP contribution in [0.2, 0.25) is 0 Å². The fourth-order valence-corrected chi connectivity index (χ4v) is 2.38. The highest BCUT2D eigenvalue weighted by Gasteiger charge is 2.41. The standard InChI is InChI=1S/C10H18N2O3.ClH/c1-14-9(5-11)10(13)12-7-4-6-2-3-8(7)15-6;/h6-9H,2-5,11H2,1H3,(H,12,13);1H. The van der Waals surface area contributed by atoms with Gasteiger partial charge in [-0.05, 0) is 19.3 Å². The molecule has 2 rings (SSSR count). The Labute approximate surface area is 101 Å². The number of nitrogens with two attached hydrogens (primary N) is 1. The first-order chi connectivity index (χ1) is 7.24. The maximum absolute atomic E-state index is 11.7. The third-order valence-corrected chi connectivity index (χ3v) is 3.22. The molecule has 3 N–H and O–H groups in total. The van der Waals surface area contributed by atoms with E-state index in [1.807, 2.05) is 0 Å². The Hall–Kier alpha value is -0.360. The van der Waals surface area contributed by atoms with E-state index in [0.717, 1.165) is 19.3 Å². The van der Waals surface area contributed by atoms with Gasteiger partial charge in [-0.3, -0.25) is 4.79 Å². The average molecular weight is 251 g/mol. The summed E-state index contributed by atoms with van der Waals surface area (Å²) in [7, 11) is 1.49. The van der Waals surface area contributed by atoms with Gasteiger partial charge in [-0.2, -0.15) is 0 Å². The number of fused-ring (bicyclic) bond motifs is 2. The minimum Gasteiger partial charge on any atom is -0.373 e. The summed E-state index contributed by atoms with van der Waals surface area (Å²) in [5.41, 5.74) is 5.42. The van der Waals surface area contributed by atoms with Gasteiger partial charge in [0.1, 0.15) is 6.10 Å². The Morgan fingerprint density at radius 2 is 2.38 bits per heavy atom. The highest BCUT2D eigenvalue weighted by Crippen LogP contribution is 2.34. The van der Waals surface area contributed by atoms with Crippen LogP contribution in [0.5, 0.6) is 0 Å². The van der Waals surface area contributed by atoms with E-state index in [1.54, 1.807) is 0 Å². The molecular formula is C10H19ClN2O3. The van der Waals surface area contributed by atoms with Gasteiger partial charge in [0.05, 0.1) is 18.2 Å². The maximum atomic E-state index is 11.7. The largest absolute Gasteiger partial charge is 0.373 e. The van der Waals surface area contributed by atoms with E-state index in [4.69, 9.17) is 15.2 Å². The molecule has 4 unspecified atom stereocenters. The summed E-state index contributed by atoms with van der Waals surface area (Å²) in [5.74, 6) is -0.124. The molecule has 0 aromatic rings. The van der Waals surface area contributed by atoms with Crippen molar-refractivity contribution >= 4 is 18.3 Å². The number of carbonyl (C=O) groups is 1. The third kappa shape index (κ3) is 2.66. The minimum absolute atomic E-state index is 0. The number of halogens is 1. The topological polar surface area (TPSA) is 73.6 Å². The zero-order valence-corrected chi connectivity index (χ0v) is 10.2. The molecule has 0 aromatic carbocycles. The Kier molecular flexibility index (Phi) is 4.98. The molecule has 0 aliphatic carbocycles.